The van der Waals surface area contributed by atoms with Gasteiger partial charge in [0.25, 0.3) is 5.91 Å². The molecule has 3 rings (SSSR count). The van der Waals surface area contributed by atoms with Crippen LogP contribution in [0.3, 0.4) is 0 Å². The number of imide groups is 1. The smallest absolute Gasteiger partial charge is 0.326 e. The zero-order valence-corrected chi connectivity index (χ0v) is 15.1. The van der Waals surface area contributed by atoms with E-state index in [1.165, 1.54) is 6.42 Å². The topological polar surface area (TPSA) is 92.8 Å². The van der Waals surface area contributed by atoms with Crippen LogP contribution in [0.25, 0.3) is 0 Å². The Hall–Kier alpha value is -2.18. The quantitative estimate of drug-likeness (QED) is 0.450. The number of nitrogens with one attached hydrogen (secondary N) is 1. The molecule has 1 heterocycles. The number of ether oxygens (including phenoxy) is 1. The molecule has 26 heavy (non-hydrogen) atoms. The van der Waals surface area contributed by atoms with E-state index in [-0.39, 0.29) is 42.2 Å². The van der Waals surface area contributed by atoms with E-state index in [1.54, 1.807) is 0 Å². The van der Waals surface area contributed by atoms with Gasteiger partial charge in [-0.15, -0.1) is 0 Å². The summed E-state index contributed by atoms with van der Waals surface area (Å²) in [7, 11) is 0. The van der Waals surface area contributed by atoms with Gasteiger partial charge in [0.1, 0.15) is 6.54 Å². The van der Waals surface area contributed by atoms with Crippen LogP contribution in [0.15, 0.2) is 12.2 Å². The summed E-state index contributed by atoms with van der Waals surface area (Å²) < 4.78 is 4.98. The molecule has 1 saturated heterocycles. The Balaban J connectivity index is 1.45. The van der Waals surface area contributed by atoms with Crippen molar-refractivity contribution in [2.45, 2.75) is 51.5 Å². The molecule has 0 bridgehead atoms. The van der Waals surface area contributed by atoms with Crippen molar-refractivity contribution >= 4 is 23.7 Å². The van der Waals surface area contributed by atoms with E-state index in [9.17, 15) is 19.2 Å². The number of carbonyl (C=O) groups is 4. The van der Waals surface area contributed by atoms with E-state index in [1.807, 2.05) is 12.2 Å². The van der Waals surface area contributed by atoms with Crippen LogP contribution in [0.2, 0.25) is 0 Å². The van der Waals surface area contributed by atoms with Gasteiger partial charge in [-0.05, 0) is 31.6 Å². The van der Waals surface area contributed by atoms with Crippen molar-refractivity contribution in [3.05, 3.63) is 12.2 Å². The Labute approximate surface area is 153 Å². The summed E-state index contributed by atoms with van der Waals surface area (Å²) in [5, 5.41) is 2.90. The van der Waals surface area contributed by atoms with Crippen molar-refractivity contribution in [3.8, 4) is 0 Å². The number of likely N-dealkylation sites (tertiary alicyclic amines) is 1. The van der Waals surface area contributed by atoms with E-state index >= 15 is 0 Å². The third-order valence-electron chi connectivity index (χ3n) is 5.71. The number of rotatable bonds is 5. The second kappa shape index (κ2) is 8.01. The summed E-state index contributed by atoms with van der Waals surface area (Å²) in [6.45, 7) is 1.31. The highest BCUT2D eigenvalue weighted by Gasteiger charge is 2.47. The van der Waals surface area contributed by atoms with Gasteiger partial charge in [-0.2, -0.15) is 0 Å². The second-order valence-electron chi connectivity index (χ2n) is 7.51. The largest absolute Gasteiger partial charge is 0.454 e. The standard InChI is InChI=1S/C19H26N2O5/c1-12-6-2-5-9-15(12)20-16(22)11-26-17(23)10-21-18(24)13-7-3-4-8-14(13)19(21)25/h3-4,12-15H,2,5-11H2,1H3,(H,20,22)/t12-,13-,14+,15-/m0/s1. The molecule has 7 heteroatoms. The first kappa shape index (κ1) is 18.6. The normalized spacial score (nSPS) is 30.9. The average molecular weight is 362 g/mol. The maximum Gasteiger partial charge on any atom is 0.326 e. The highest BCUT2D eigenvalue weighted by atomic mass is 16.5. The molecular weight excluding hydrogens is 336 g/mol. The number of amides is 3. The van der Waals surface area contributed by atoms with Gasteiger partial charge in [0, 0.05) is 6.04 Å². The molecule has 2 fully saturated rings. The van der Waals surface area contributed by atoms with Gasteiger partial charge in [0.15, 0.2) is 6.61 Å². The van der Waals surface area contributed by atoms with Crippen LogP contribution in [0.4, 0.5) is 0 Å². The lowest BCUT2D eigenvalue weighted by atomic mass is 9.85. The van der Waals surface area contributed by atoms with Crippen LogP contribution in [0.1, 0.15) is 45.4 Å². The predicted octanol–water partition coefficient (Wildman–Crippen LogP) is 1.18. The fourth-order valence-electron chi connectivity index (χ4n) is 4.12. The third-order valence-corrected chi connectivity index (χ3v) is 5.71. The summed E-state index contributed by atoms with van der Waals surface area (Å²) in [6, 6.07) is 0.118. The lowest BCUT2D eigenvalue weighted by Crippen LogP contribution is -2.43. The van der Waals surface area contributed by atoms with Gasteiger partial charge in [-0.3, -0.25) is 24.1 Å². The van der Waals surface area contributed by atoms with E-state index in [0.29, 0.717) is 18.8 Å². The molecule has 0 aromatic rings. The summed E-state index contributed by atoms with van der Waals surface area (Å²) in [4.78, 5) is 49.6. The first-order valence-corrected chi connectivity index (χ1v) is 9.42. The van der Waals surface area contributed by atoms with E-state index in [4.69, 9.17) is 4.74 Å². The Morgan fingerprint density at radius 2 is 1.73 bits per heavy atom. The average Bonchev–Trinajstić information content (AvgIpc) is 2.87. The molecule has 1 aliphatic heterocycles. The van der Waals surface area contributed by atoms with Crippen molar-refractivity contribution in [1.29, 1.82) is 0 Å². The van der Waals surface area contributed by atoms with E-state index in [2.05, 4.69) is 12.2 Å². The Bertz CT molecular complexity index is 603. The number of hydrogen-bond donors (Lipinski definition) is 1. The highest BCUT2D eigenvalue weighted by Crippen LogP contribution is 2.34. The maximum absolute atomic E-state index is 12.3. The molecule has 4 atom stereocenters. The van der Waals surface area contributed by atoms with Crippen molar-refractivity contribution in [1.82, 2.24) is 10.2 Å². The Kier molecular flexibility index (Phi) is 5.74. The minimum absolute atomic E-state index is 0.118. The van der Waals surface area contributed by atoms with Crippen molar-refractivity contribution in [3.63, 3.8) is 0 Å². The van der Waals surface area contributed by atoms with Gasteiger partial charge in [0.05, 0.1) is 11.8 Å². The Morgan fingerprint density at radius 3 is 2.35 bits per heavy atom. The van der Waals surface area contributed by atoms with Crippen LogP contribution < -0.4 is 5.32 Å². The molecule has 1 saturated carbocycles. The van der Waals surface area contributed by atoms with Crippen LogP contribution in [-0.2, 0) is 23.9 Å². The molecule has 142 valence electrons. The molecule has 0 radical (unpaired) electrons. The number of esters is 1. The molecule has 0 aromatic carbocycles. The Morgan fingerprint density at radius 1 is 1.12 bits per heavy atom. The lowest BCUT2D eigenvalue weighted by molar-refractivity contribution is -0.155. The molecule has 0 aromatic heterocycles. The van der Waals surface area contributed by atoms with Crippen molar-refractivity contribution in [2.75, 3.05) is 13.2 Å². The fourth-order valence-corrected chi connectivity index (χ4v) is 4.12. The van der Waals surface area contributed by atoms with Crippen molar-refractivity contribution in [2.24, 2.45) is 17.8 Å². The van der Waals surface area contributed by atoms with Crippen molar-refractivity contribution < 1.29 is 23.9 Å². The molecule has 2 aliphatic carbocycles. The molecule has 3 aliphatic rings. The van der Waals surface area contributed by atoms with Gasteiger partial charge >= 0.3 is 5.97 Å². The number of fused-ring (bicyclic) bond motifs is 1. The van der Waals surface area contributed by atoms with Crippen LogP contribution >= 0.6 is 0 Å². The molecule has 0 spiro atoms. The minimum Gasteiger partial charge on any atom is -0.454 e. The molecule has 3 amide bonds. The summed E-state index contributed by atoms with van der Waals surface area (Å²) in [5.74, 6) is -2.02. The van der Waals surface area contributed by atoms with Gasteiger partial charge in [0.2, 0.25) is 11.8 Å². The number of nitrogens with zero attached hydrogens (tertiary/aromatic N) is 1. The van der Waals surface area contributed by atoms with E-state index in [0.717, 1.165) is 24.2 Å². The summed E-state index contributed by atoms with van der Waals surface area (Å²) in [6.07, 6.45) is 9.14. The molecule has 7 nitrogen and oxygen atoms in total. The summed E-state index contributed by atoms with van der Waals surface area (Å²) >= 11 is 0. The third kappa shape index (κ3) is 3.97. The zero-order chi connectivity index (χ0) is 18.7. The second-order valence-corrected chi connectivity index (χ2v) is 7.51. The lowest BCUT2D eigenvalue weighted by Gasteiger charge is -2.29. The number of carbonyl (C=O) groups excluding carboxylic acids is 4. The van der Waals surface area contributed by atoms with E-state index < -0.39 is 12.5 Å². The number of hydrogen-bond acceptors (Lipinski definition) is 5. The first-order valence-electron chi connectivity index (χ1n) is 9.42. The predicted molar refractivity (Wildman–Crippen MR) is 92.6 cm³/mol. The van der Waals surface area contributed by atoms with Crippen LogP contribution in [0.5, 0.6) is 0 Å². The van der Waals surface area contributed by atoms with Gasteiger partial charge < -0.3 is 10.1 Å². The number of allylic oxidation sites excluding steroid dienone is 2. The molecule has 0 unspecified atom stereocenters. The molecule has 1 N–H and O–H groups in total. The minimum atomic E-state index is -0.731. The SMILES string of the molecule is C[C@H]1CCCC[C@@H]1NC(=O)COC(=O)CN1C(=O)[C@H]2CC=CC[C@H]2C1=O. The summed E-state index contributed by atoms with van der Waals surface area (Å²) in [5.41, 5.74) is 0. The fraction of sp³-hybridized carbons (Fsp3) is 0.684. The highest BCUT2D eigenvalue weighted by molar-refractivity contribution is 6.07. The van der Waals surface area contributed by atoms with Gasteiger partial charge in [-0.25, -0.2) is 0 Å². The van der Waals surface area contributed by atoms with Gasteiger partial charge in [-0.1, -0.05) is 31.9 Å². The molecular formula is C19H26N2O5. The van der Waals surface area contributed by atoms with Crippen LogP contribution in [-0.4, -0.2) is 47.8 Å². The monoisotopic (exact) mass is 362 g/mol. The maximum atomic E-state index is 12.3. The first-order chi connectivity index (χ1) is 12.5. The van der Waals surface area contributed by atoms with Crippen LogP contribution in [0, 0.1) is 17.8 Å². The zero-order valence-electron chi connectivity index (χ0n) is 15.1.